The van der Waals surface area contributed by atoms with E-state index in [4.69, 9.17) is 4.74 Å². The fourth-order valence-corrected chi connectivity index (χ4v) is 3.90. The number of carbonyl (C=O) groups excluding carboxylic acids is 1. The Morgan fingerprint density at radius 2 is 1.85 bits per heavy atom. The summed E-state index contributed by atoms with van der Waals surface area (Å²) in [7, 11) is 0. The normalized spacial score (nSPS) is 20.3. The van der Waals surface area contributed by atoms with Crippen LogP contribution in [0.1, 0.15) is 18.1 Å². The number of hydrogen-bond acceptors (Lipinski definition) is 3. The summed E-state index contributed by atoms with van der Waals surface area (Å²) in [6.45, 7) is 4.19. The smallest absolute Gasteiger partial charge is 0.314 e. The summed E-state index contributed by atoms with van der Waals surface area (Å²) in [6.07, 6.45) is 1.93. The predicted octanol–water partition coefficient (Wildman–Crippen LogP) is 2.74. The number of nitrogens with one attached hydrogen (secondary N) is 2. The number of para-hydroxylation sites is 2. The van der Waals surface area contributed by atoms with Gasteiger partial charge in [-0.2, -0.15) is 0 Å². The Hall–Kier alpha value is -2.69. The summed E-state index contributed by atoms with van der Waals surface area (Å²) in [6, 6.07) is 16.9. The Morgan fingerprint density at radius 3 is 2.69 bits per heavy atom. The van der Waals surface area contributed by atoms with Gasteiger partial charge in [0.15, 0.2) is 0 Å². The molecule has 0 bridgehead atoms. The van der Waals surface area contributed by atoms with Crippen LogP contribution in [0, 0.1) is 0 Å². The lowest BCUT2D eigenvalue weighted by atomic mass is 10.1. The van der Waals surface area contributed by atoms with Crippen molar-refractivity contribution in [1.29, 1.82) is 0 Å². The van der Waals surface area contributed by atoms with E-state index in [0.717, 1.165) is 25.1 Å². The molecule has 2 aromatic rings. The first-order valence-corrected chi connectivity index (χ1v) is 9.31. The third-order valence-electron chi connectivity index (χ3n) is 5.19. The molecule has 0 fully saturated rings. The number of amides is 2. The molecule has 2 N–H and O–H groups in total. The molecule has 0 saturated carbocycles. The maximum absolute atomic E-state index is 12.1. The Labute approximate surface area is 154 Å². The lowest BCUT2D eigenvalue weighted by Crippen LogP contribution is -2.44. The highest BCUT2D eigenvalue weighted by atomic mass is 16.5. The number of urea groups is 1. The van der Waals surface area contributed by atoms with Crippen LogP contribution in [0.15, 0.2) is 48.5 Å². The molecule has 0 aliphatic carbocycles. The van der Waals surface area contributed by atoms with Gasteiger partial charge in [0.25, 0.3) is 0 Å². The number of anilines is 1. The van der Waals surface area contributed by atoms with E-state index in [1.807, 2.05) is 18.2 Å². The van der Waals surface area contributed by atoms with E-state index in [1.165, 1.54) is 16.8 Å². The molecule has 0 aromatic heterocycles. The van der Waals surface area contributed by atoms with E-state index in [1.54, 1.807) is 0 Å². The van der Waals surface area contributed by atoms with Crippen LogP contribution in [0.2, 0.25) is 0 Å². The first kappa shape index (κ1) is 16.8. The summed E-state index contributed by atoms with van der Waals surface area (Å²) in [5.74, 6) is 0.932. The molecular weight excluding hydrogens is 326 g/mol. The summed E-state index contributed by atoms with van der Waals surface area (Å²) < 4.78 is 5.85. The number of fused-ring (bicyclic) bond motifs is 2. The van der Waals surface area contributed by atoms with Gasteiger partial charge in [-0.05, 0) is 36.6 Å². The first-order valence-electron chi connectivity index (χ1n) is 9.31. The SMILES string of the molecule is CC1Cc2ccccc2N1CCNC(=O)NCC1Cc2ccccc2O1. The van der Waals surface area contributed by atoms with Crippen molar-refractivity contribution in [1.82, 2.24) is 10.6 Å². The minimum Gasteiger partial charge on any atom is -0.488 e. The maximum Gasteiger partial charge on any atom is 0.314 e. The summed E-state index contributed by atoms with van der Waals surface area (Å²) in [4.78, 5) is 14.4. The van der Waals surface area contributed by atoms with Crippen molar-refractivity contribution in [2.75, 3.05) is 24.5 Å². The zero-order valence-corrected chi connectivity index (χ0v) is 15.1. The average molecular weight is 351 g/mol. The van der Waals surface area contributed by atoms with Crippen LogP contribution < -0.4 is 20.3 Å². The van der Waals surface area contributed by atoms with Crippen molar-refractivity contribution >= 4 is 11.7 Å². The first-order chi connectivity index (χ1) is 12.7. The quantitative estimate of drug-likeness (QED) is 0.871. The van der Waals surface area contributed by atoms with Gasteiger partial charge in [0.1, 0.15) is 11.9 Å². The molecule has 2 atom stereocenters. The summed E-state index contributed by atoms with van der Waals surface area (Å²) in [5.41, 5.74) is 3.89. The van der Waals surface area contributed by atoms with Crippen molar-refractivity contribution in [3.63, 3.8) is 0 Å². The van der Waals surface area contributed by atoms with Gasteiger partial charge >= 0.3 is 6.03 Å². The van der Waals surface area contributed by atoms with Crippen LogP contribution in [0.5, 0.6) is 5.75 Å². The summed E-state index contributed by atoms with van der Waals surface area (Å²) >= 11 is 0. The molecule has 5 heteroatoms. The number of hydrogen-bond donors (Lipinski definition) is 2. The second kappa shape index (κ2) is 7.28. The van der Waals surface area contributed by atoms with Crippen molar-refractivity contribution in [3.8, 4) is 5.75 Å². The van der Waals surface area contributed by atoms with Gasteiger partial charge in [-0.3, -0.25) is 0 Å². The third kappa shape index (κ3) is 3.47. The fraction of sp³-hybridized carbons (Fsp3) is 0.381. The van der Waals surface area contributed by atoms with Gasteiger partial charge in [0, 0.05) is 31.2 Å². The lowest BCUT2D eigenvalue weighted by Gasteiger charge is -2.25. The number of rotatable bonds is 5. The summed E-state index contributed by atoms with van der Waals surface area (Å²) in [5, 5.41) is 5.88. The zero-order chi connectivity index (χ0) is 17.9. The van der Waals surface area contributed by atoms with Crippen molar-refractivity contribution in [2.24, 2.45) is 0 Å². The molecule has 0 radical (unpaired) electrons. The highest BCUT2D eigenvalue weighted by Crippen LogP contribution is 2.31. The van der Waals surface area contributed by atoms with Gasteiger partial charge < -0.3 is 20.3 Å². The Bertz CT molecular complexity index is 767. The molecule has 0 saturated heterocycles. The molecule has 2 aromatic carbocycles. The predicted molar refractivity (Wildman–Crippen MR) is 103 cm³/mol. The van der Waals surface area contributed by atoms with E-state index in [0.29, 0.717) is 19.1 Å². The Kier molecular flexibility index (Phi) is 4.69. The highest BCUT2D eigenvalue weighted by Gasteiger charge is 2.25. The molecule has 2 heterocycles. The van der Waals surface area contributed by atoms with Crippen LogP contribution in [-0.4, -0.2) is 37.8 Å². The third-order valence-corrected chi connectivity index (χ3v) is 5.19. The minimum absolute atomic E-state index is 0.0173. The average Bonchev–Trinajstić information content (AvgIpc) is 3.20. The molecular formula is C21H25N3O2. The van der Waals surface area contributed by atoms with Crippen LogP contribution in [-0.2, 0) is 12.8 Å². The van der Waals surface area contributed by atoms with Crippen LogP contribution in [0.3, 0.4) is 0 Å². The monoisotopic (exact) mass is 351 g/mol. The van der Waals surface area contributed by atoms with Gasteiger partial charge in [0.05, 0.1) is 6.54 Å². The van der Waals surface area contributed by atoms with Crippen molar-refractivity contribution in [3.05, 3.63) is 59.7 Å². The van der Waals surface area contributed by atoms with Gasteiger partial charge in [0.2, 0.25) is 0 Å². The van der Waals surface area contributed by atoms with Crippen LogP contribution in [0.25, 0.3) is 0 Å². The molecule has 5 nitrogen and oxygen atoms in total. The van der Waals surface area contributed by atoms with E-state index >= 15 is 0 Å². The fourth-order valence-electron chi connectivity index (χ4n) is 3.90. The number of ether oxygens (including phenoxy) is 1. The van der Waals surface area contributed by atoms with E-state index < -0.39 is 0 Å². The molecule has 2 aliphatic rings. The topological polar surface area (TPSA) is 53.6 Å². The van der Waals surface area contributed by atoms with E-state index in [2.05, 4.69) is 52.8 Å². The second-order valence-electron chi connectivity index (χ2n) is 7.06. The Balaban J connectivity index is 1.20. The van der Waals surface area contributed by atoms with Gasteiger partial charge in [-0.15, -0.1) is 0 Å². The van der Waals surface area contributed by atoms with Gasteiger partial charge in [-0.25, -0.2) is 4.79 Å². The number of benzene rings is 2. The Morgan fingerprint density at radius 1 is 1.08 bits per heavy atom. The van der Waals surface area contributed by atoms with Gasteiger partial charge in [-0.1, -0.05) is 36.4 Å². The molecule has 26 heavy (non-hydrogen) atoms. The minimum atomic E-state index is -0.135. The number of carbonyl (C=O) groups is 1. The molecule has 4 rings (SSSR count). The molecule has 2 unspecified atom stereocenters. The second-order valence-corrected chi connectivity index (χ2v) is 7.06. The van der Waals surface area contributed by atoms with Crippen molar-refractivity contribution < 1.29 is 9.53 Å². The van der Waals surface area contributed by atoms with E-state index in [-0.39, 0.29) is 12.1 Å². The highest BCUT2D eigenvalue weighted by molar-refractivity contribution is 5.74. The molecule has 0 spiro atoms. The molecule has 2 amide bonds. The largest absolute Gasteiger partial charge is 0.488 e. The standard InChI is InChI=1S/C21H25N3O2/c1-15-12-16-6-2-4-8-19(16)24(15)11-10-22-21(25)23-14-18-13-17-7-3-5-9-20(17)26-18/h2-9,15,18H,10-14H2,1H3,(H2,22,23,25). The molecule has 2 aliphatic heterocycles. The zero-order valence-electron chi connectivity index (χ0n) is 15.1. The maximum atomic E-state index is 12.1. The van der Waals surface area contributed by atoms with E-state index in [9.17, 15) is 4.79 Å². The van der Waals surface area contributed by atoms with Crippen LogP contribution >= 0.6 is 0 Å². The lowest BCUT2D eigenvalue weighted by molar-refractivity contribution is 0.214. The molecule has 136 valence electrons. The van der Waals surface area contributed by atoms with Crippen molar-refractivity contribution in [2.45, 2.75) is 31.9 Å². The van der Waals surface area contributed by atoms with Crippen LogP contribution in [0.4, 0.5) is 10.5 Å². The number of nitrogens with zero attached hydrogens (tertiary/aromatic N) is 1.